The number of phenols is 2. The molecular formula is C30H34N2O10S. The van der Waals surface area contributed by atoms with E-state index >= 15 is 0 Å². The average molecular weight is 615 g/mol. The number of hydrogen-bond donors (Lipinski definition) is 3. The van der Waals surface area contributed by atoms with E-state index in [0.717, 1.165) is 22.9 Å². The molecule has 6 rings (SSSR count). The first-order chi connectivity index (χ1) is 20.4. The van der Waals surface area contributed by atoms with Gasteiger partial charge >= 0.3 is 11.9 Å². The van der Waals surface area contributed by atoms with E-state index < -0.39 is 53.4 Å². The van der Waals surface area contributed by atoms with Gasteiger partial charge in [0.1, 0.15) is 18.6 Å². The van der Waals surface area contributed by atoms with E-state index in [-0.39, 0.29) is 40.9 Å². The molecule has 2 saturated heterocycles. The molecule has 6 atom stereocenters. The van der Waals surface area contributed by atoms with Crippen LogP contribution in [0.2, 0.25) is 0 Å². The van der Waals surface area contributed by atoms with Crippen LogP contribution in [0.3, 0.4) is 0 Å². The molecule has 6 unspecified atom stereocenters. The number of likely N-dealkylation sites (N-methyl/N-ethyl adjacent to an activating group) is 1. The molecule has 4 aliphatic rings. The number of aliphatic hydroxyl groups is 1. The first-order valence-electron chi connectivity index (χ1n) is 13.9. The number of carbonyl (C=O) groups excluding carboxylic acids is 3. The van der Waals surface area contributed by atoms with Gasteiger partial charge in [0, 0.05) is 35.2 Å². The Labute approximate surface area is 252 Å². The lowest BCUT2D eigenvalue weighted by Crippen LogP contribution is -2.69. The number of thioether (sulfide) groups is 1. The SMILES string of the molecule is COc1c(C)cc2c(c1O)C1C3C4SCC(=O)C(=O)OCC(c5c(O)c(OC)c(C)c(OC(C)=O)c54)N3C(O)C(C2)N1C. The molecule has 4 heterocycles. The van der Waals surface area contributed by atoms with Crippen molar-refractivity contribution in [2.24, 2.45) is 0 Å². The van der Waals surface area contributed by atoms with Gasteiger partial charge in [-0.05, 0) is 38.4 Å². The van der Waals surface area contributed by atoms with Crippen molar-refractivity contribution in [2.45, 2.75) is 62.8 Å². The maximum Gasteiger partial charge on any atom is 0.375 e. The zero-order chi connectivity index (χ0) is 31.1. The number of esters is 2. The third-order valence-corrected chi connectivity index (χ3v) is 10.5. The molecule has 12 nitrogen and oxygen atoms in total. The van der Waals surface area contributed by atoms with Gasteiger partial charge in [-0.1, -0.05) is 6.07 Å². The first-order valence-corrected chi connectivity index (χ1v) is 15.0. The van der Waals surface area contributed by atoms with Gasteiger partial charge in [0.2, 0.25) is 5.78 Å². The second-order valence-electron chi connectivity index (χ2n) is 11.4. The monoisotopic (exact) mass is 614 g/mol. The van der Waals surface area contributed by atoms with E-state index in [2.05, 4.69) is 0 Å². The summed E-state index contributed by atoms with van der Waals surface area (Å²) in [5.74, 6) is -2.28. The van der Waals surface area contributed by atoms with Gasteiger partial charge in [0.15, 0.2) is 23.0 Å². The van der Waals surface area contributed by atoms with Crippen LogP contribution in [0, 0.1) is 13.8 Å². The van der Waals surface area contributed by atoms with Crippen molar-refractivity contribution in [3.05, 3.63) is 39.4 Å². The lowest BCUT2D eigenvalue weighted by molar-refractivity contribution is -0.184. The summed E-state index contributed by atoms with van der Waals surface area (Å²) in [5.41, 5.74) is 3.33. The molecule has 0 spiro atoms. The number of fused-ring (bicyclic) bond motifs is 7. The van der Waals surface area contributed by atoms with E-state index in [0.29, 0.717) is 28.9 Å². The largest absolute Gasteiger partial charge is 0.504 e. The number of carbonyl (C=O) groups is 3. The number of benzene rings is 2. The summed E-state index contributed by atoms with van der Waals surface area (Å²) in [6, 6.07) is -0.625. The number of phenolic OH excluding ortho intramolecular Hbond substituents is 2. The lowest BCUT2D eigenvalue weighted by atomic mass is 9.73. The summed E-state index contributed by atoms with van der Waals surface area (Å²) in [7, 11) is 4.74. The summed E-state index contributed by atoms with van der Waals surface area (Å²) in [5, 5.41) is 34.6. The smallest absolute Gasteiger partial charge is 0.375 e. The van der Waals surface area contributed by atoms with Crippen molar-refractivity contribution < 1.29 is 48.7 Å². The Morgan fingerprint density at radius 2 is 1.72 bits per heavy atom. The molecule has 13 heteroatoms. The summed E-state index contributed by atoms with van der Waals surface area (Å²) in [4.78, 5) is 41.7. The van der Waals surface area contributed by atoms with Crippen molar-refractivity contribution >= 4 is 29.5 Å². The Morgan fingerprint density at radius 3 is 2.37 bits per heavy atom. The predicted molar refractivity (Wildman–Crippen MR) is 154 cm³/mol. The van der Waals surface area contributed by atoms with Crippen LogP contribution < -0.4 is 14.2 Å². The maximum atomic E-state index is 12.8. The number of hydrogen-bond acceptors (Lipinski definition) is 13. The van der Waals surface area contributed by atoms with E-state index in [4.69, 9.17) is 18.9 Å². The molecule has 0 saturated carbocycles. The summed E-state index contributed by atoms with van der Waals surface area (Å²) >= 11 is 1.13. The zero-order valence-corrected chi connectivity index (χ0v) is 25.5. The molecule has 4 bridgehead atoms. The number of aryl methyl sites for hydroxylation is 1. The Bertz CT molecular complexity index is 1560. The number of methoxy groups -OCH3 is 2. The normalized spacial score (nSPS) is 28.3. The number of rotatable bonds is 3. The lowest BCUT2D eigenvalue weighted by Gasteiger charge is -2.61. The number of Topliss-reactive ketones (excluding diaryl/α,β-unsaturated/α-hetero) is 1. The van der Waals surface area contributed by atoms with Crippen molar-refractivity contribution in [1.29, 1.82) is 0 Å². The van der Waals surface area contributed by atoms with E-state index in [1.807, 2.05) is 24.9 Å². The fourth-order valence-corrected chi connectivity index (χ4v) is 8.85. The van der Waals surface area contributed by atoms with Crippen molar-refractivity contribution in [3.8, 4) is 28.7 Å². The minimum Gasteiger partial charge on any atom is -0.504 e. The van der Waals surface area contributed by atoms with Crippen molar-refractivity contribution in [2.75, 3.05) is 33.6 Å². The molecular weight excluding hydrogens is 580 g/mol. The molecule has 0 aromatic heterocycles. The van der Waals surface area contributed by atoms with Crippen molar-refractivity contribution in [1.82, 2.24) is 9.80 Å². The van der Waals surface area contributed by atoms with E-state index in [1.165, 1.54) is 21.1 Å². The number of aromatic hydroxyl groups is 2. The summed E-state index contributed by atoms with van der Waals surface area (Å²) < 4.78 is 22.4. The fourth-order valence-electron chi connectivity index (χ4n) is 7.51. The molecule has 43 heavy (non-hydrogen) atoms. The van der Waals surface area contributed by atoms with Crippen LogP contribution in [0.5, 0.6) is 28.7 Å². The fraction of sp³-hybridized carbons (Fsp3) is 0.500. The van der Waals surface area contributed by atoms with Gasteiger partial charge < -0.3 is 34.3 Å². The van der Waals surface area contributed by atoms with Gasteiger partial charge in [-0.25, -0.2) is 4.79 Å². The zero-order valence-electron chi connectivity index (χ0n) is 24.7. The highest BCUT2D eigenvalue weighted by Gasteiger charge is 2.60. The highest BCUT2D eigenvalue weighted by Crippen LogP contribution is 2.63. The van der Waals surface area contributed by atoms with Crippen LogP contribution in [0.4, 0.5) is 0 Å². The van der Waals surface area contributed by atoms with E-state index in [1.54, 1.807) is 11.8 Å². The number of nitrogens with zero attached hydrogens (tertiary/aromatic N) is 2. The van der Waals surface area contributed by atoms with E-state index in [9.17, 15) is 29.7 Å². The highest BCUT2D eigenvalue weighted by atomic mass is 32.2. The van der Waals surface area contributed by atoms with Crippen LogP contribution in [0.25, 0.3) is 0 Å². The minimum atomic E-state index is -1.11. The molecule has 2 aromatic rings. The van der Waals surface area contributed by atoms with Gasteiger partial charge in [-0.15, -0.1) is 11.8 Å². The molecule has 3 N–H and O–H groups in total. The highest BCUT2D eigenvalue weighted by molar-refractivity contribution is 8.00. The Kier molecular flexibility index (Phi) is 7.27. The number of piperazine rings is 1. The number of cyclic esters (lactones) is 1. The van der Waals surface area contributed by atoms with Crippen LogP contribution in [-0.4, -0.2) is 94.8 Å². The molecule has 0 amide bonds. The second-order valence-corrected chi connectivity index (χ2v) is 12.5. The Hall–Kier alpha value is -3.52. The Morgan fingerprint density at radius 1 is 1.05 bits per heavy atom. The van der Waals surface area contributed by atoms with Crippen LogP contribution in [-0.2, 0) is 25.5 Å². The molecule has 0 radical (unpaired) electrons. The Balaban J connectivity index is 1.70. The number of ketones is 1. The summed E-state index contributed by atoms with van der Waals surface area (Å²) in [6.07, 6.45) is -0.703. The second kappa shape index (κ2) is 10.6. The standard InChI is InChI=1S/C30H34N2O10S/c1-11-7-14-8-15-29(37)32-16-9-41-30(38)17(34)10-43-28(22(32)21(31(15)4)18(14)23(35)25(11)39-5)20-19(16)24(36)27(40-6)12(2)26(20)42-13(3)33/h7,15-16,21-22,28-29,35-37H,8-10H2,1-6H3. The third-order valence-electron chi connectivity index (χ3n) is 9.19. The van der Waals surface area contributed by atoms with Crippen LogP contribution >= 0.6 is 11.8 Å². The van der Waals surface area contributed by atoms with Gasteiger partial charge in [-0.2, -0.15) is 0 Å². The molecule has 0 aliphatic carbocycles. The van der Waals surface area contributed by atoms with Crippen LogP contribution in [0.1, 0.15) is 57.6 Å². The molecule has 2 fully saturated rings. The van der Waals surface area contributed by atoms with Gasteiger partial charge in [0.25, 0.3) is 0 Å². The molecule has 4 aliphatic heterocycles. The average Bonchev–Trinajstić information content (AvgIpc) is 2.95. The third kappa shape index (κ3) is 4.20. The van der Waals surface area contributed by atoms with Gasteiger partial charge in [0.05, 0.1) is 43.3 Å². The number of aliphatic hydroxyl groups excluding tert-OH is 1. The predicted octanol–water partition coefficient (Wildman–Crippen LogP) is 2.21. The van der Waals surface area contributed by atoms with Gasteiger partial charge in [-0.3, -0.25) is 19.4 Å². The van der Waals surface area contributed by atoms with Crippen LogP contribution in [0.15, 0.2) is 6.07 Å². The number of ether oxygens (including phenoxy) is 4. The first kappa shape index (κ1) is 29.5. The summed E-state index contributed by atoms with van der Waals surface area (Å²) in [6.45, 7) is 4.39. The molecule has 230 valence electrons. The topological polar surface area (TPSA) is 155 Å². The quantitative estimate of drug-likeness (QED) is 0.263. The molecule has 2 aromatic carbocycles. The maximum absolute atomic E-state index is 12.8. The minimum absolute atomic E-state index is 0.0150. The van der Waals surface area contributed by atoms with Crippen molar-refractivity contribution in [3.63, 3.8) is 0 Å².